The van der Waals surface area contributed by atoms with Gasteiger partial charge in [-0.1, -0.05) is 57.1 Å². The number of halogens is 1. The molecule has 0 spiro atoms. The Hall–Kier alpha value is -2.34. The standard InChI is InChI=1S/C25H34FN3O2/c26-24-14-10-12-21-18-28(20-23(21)24)25(30)31-29-17-9-7-5-3-1-2-4-6-8-15-27-16-11-13-22(27)19-29/h10-14,16H,1-9,15,17-20H2. The van der Waals surface area contributed by atoms with Gasteiger partial charge in [0.25, 0.3) is 0 Å². The fourth-order valence-corrected chi connectivity index (χ4v) is 4.63. The Bertz CT molecular complexity index is 866. The maximum absolute atomic E-state index is 14.1. The number of nitrogens with zero attached hydrogens (tertiary/aromatic N) is 3. The molecule has 5 nitrogen and oxygen atoms in total. The third-order valence-electron chi connectivity index (χ3n) is 6.46. The molecule has 3 heterocycles. The van der Waals surface area contributed by atoms with Crippen molar-refractivity contribution < 1.29 is 14.0 Å². The van der Waals surface area contributed by atoms with Crippen LogP contribution in [0.1, 0.15) is 74.6 Å². The van der Waals surface area contributed by atoms with E-state index in [9.17, 15) is 9.18 Å². The first-order chi connectivity index (χ1) is 15.2. The van der Waals surface area contributed by atoms with Gasteiger partial charge in [-0.3, -0.25) is 4.90 Å². The summed E-state index contributed by atoms with van der Waals surface area (Å²) < 4.78 is 16.3. The third-order valence-corrected chi connectivity index (χ3v) is 6.46. The van der Waals surface area contributed by atoms with E-state index in [0.717, 1.165) is 24.9 Å². The van der Waals surface area contributed by atoms with Gasteiger partial charge in [-0.15, -0.1) is 5.06 Å². The van der Waals surface area contributed by atoms with Gasteiger partial charge in [-0.25, -0.2) is 9.18 Å². The van der Waals surface area contributed by atoms with E-state index < -0.39 is 6.09 Å². The summed E-state index contributed by atoms with van der Waals surface area (Å²) in [4.78, 5) is 20.3. The normalized spacial score (nSPS) is 19.2. The lowest BCUT2D eigenvalue weighted by molar-refractivity contribution is -0.122. The van der Waals surface area contributed by atoms with E-state index in [1.165, 1.54) is 56.7 Å². The lowest BCUT2D eigenvalue weighted by Gasteiger charge is -2.25. The van der Waals surface area contributed by atoms with Crippen molar-refractivity contribution in [3.8, 4) is 0 Å². The van der Waals surface area contributed by atoms with Gasteiger partial charge in [0, 0.05) is 37.1 Å². The fourth-order valence-electron chi connectivity index (χ4n) is 4.63. The minimum absolute atomic E-state index is 0.250. The summed E-state index contributed by atoms with van der Waals surface area (Å²) in [6.07, 6.45) is 12.8. The summed E-state index contributed by atoms with van der Waals surface area (Å²) in [5.41, 5.74) is 2.63. The SMILES string of the molecule is O=C(ON1CCCCCCCCCCCn2cccc2C1)N1Cc2cccc(F)c2C1. The number of aromatic nitrogens is 1. The molecule has 0 saturated heterocycles. The van der Waals surface area contributed by atoms with Crippen molar-refractivity contribution >= 4 is 6.09 Å². The molecule has 0 saturated carbocycles. The van der Waals surface area contributed by atoms with E-state index >= 15 is 0 Å². The smallest absolute Gasteiger partial charge is 0.350 e. The molecule has 4 rings (SSSR count). The first kappa shape index (κ1) is 21.9. The number of hydrogen-bond acceptors (Lipinski definition) is 3. The molecule has 2 aliphatic rings. The molecular formula is C25H34FN3O2. The number of hydrogen-bond donors (Lipinski definition) is 0. The largest absolute Gasteiger partial charge is 0.429 e. The Labute approximate surface area is 184 Å². The number of benzene rings is 1. The first-order valence-electron chi connectivity index (χ1n) is 11.8. The summed E-state index contributed by atoms with van der Waals surface area (Å²) >= 11 is 0. The number of carbonyl (C=O) groups is 1. The van der Waals surface area contributed by atoms with Crippen molar-refractivity contribution in [2.45, 2.75) is 84.0 Å². The van der Waals surface area contributed by atoms with Crippen LogP contribution in [0.25, 0.3) is 0 Å². The van der Waals surface area contributed by atoms with Crippen LogP contribution in [0.2, 0.25) is 0 Å². The highest BCUT2D eigenvalue weighted by Crippen LogP contribution is 2.26. The Morgan fingerprint density at radius 1 is 0.806 bits per heavy atom. The van der Waals surface area contributed by atoms with Crippen molar-refractivity contribution in [2.75, 3.05) is 6.54 Å². The van der Waals surface area contributed by atoms with Gasteiger partial charge >= 0.3 is 6.09 Å². The van der Waals surface area contributed by atoms with Crippen LogP contribution in [0.4, 0.5) is 9.18 Å². The topological polar surface area (TPSA) is 37.7 Å². The van der Waals surface area contributed by atoms with Crippen LogP contribution < -0.4 is 0 Å². The van der Waals surface area contributed by atoms with Crippen molar-refractivity contribution in [3.63, 3.8) is 0 Å². The van der Waals surface area contributed by atoms with E-state index in [-0.39, 0.29) is 12.4 Å². The summed E-state index contributed by atoms with van der Waals surface area (Å²) in [6.45, 7) is 2.96. The molecule has 0 radical (unpaired) electrons. The Morgan fingerprint density at radius 2 is 1.52 bits per heavy atom. The van der Waals surface area contributed by atoms with Crippen molar-refractivity contribution in [1.29, 1.82) is 0 Å². The van der Waals surface area contributed by atoms with E-state index in [1.807, 2.05) is 6.07 Å². The number of carbonyl (C=O) groups excluding carboxylic acids is 1. The maximum Gasteiger partial charge on any atom is 0.429 e. The van der Waals surface area contributed by atoms with Gasteiger partial charge in [0.1, 0.15) is 5.82 Å². The number of hydroxylamine groups is 2. The first-order valence-corrected chi connectivity index (χ1v) is 11.8. The van der Waals surface area contributed by atoms with Crippen LogP contribution in [0.15, 0.2) is 36.5 Å². The second-order valence-corrected chi connectivity index (χ2v) is 8.83. The minimum Gasteiger partial charge on any atom is -0.350 e. The average molecular weight is 428 g/mol. The van der Waals surface area contributed by atoms with E-state index in [1.54, 1.807) is 16.0 Å². The van der Waals surface area contributed by atoms with Crippen molar-refractivity contribution in [2.24, 2.45) is 0 Å². The van der Waals surface area contributed by atoms with Gasteiger partial charge in [0.05, 0.1) is 13.1 Å². The molecule has 1 amide bonds. The predicted octanol–water partition coefficient (Wildman–Crippen LogP) is 6.02. The molecule has 168 valence electrons. The van der Waals surface area contributed by atoms with Gasteiger partial charge in [0.2, 0.25) is 0 Å². The monoisotopic (exact) mass is 427 g/mol. The second kappa shape index (κ2) is 10.8. The molecule has 0 fully saturated rings. The molecule has 0 aliphatic carbocycles. The van der Waals surface area contributed by atoms with Crippen molar-refractivity contribution in [1.82, 2.24) is 14.5 Å². The summed E-state index contributed by atoms with van der Waals surface area (Å²) in [5.74, 6) is -0.250. The van der Waals surface area contributed by atoms with Crippen LogP contribution in [0.5, 0.6) is 0 Å². The molecule has 0 N–H and O–H groups in total. The number of fused-ring (bicyclic) bond motifs is 2. The van der Waals surface area contributed by atoms with Crippen LogP contribution in [0.3, 0.4) is 0 Å². The summed E-state index contributed by atoms with van der Waals surface area (Å²) in [6, 6.07) is 9.20. The predicted molar refractivity (Wildman–Crippen MR) is 119 cm³/mol. The van der Waals surface area contributed by atoms with Crippen LogP contribution in [-0.2, 0) is 31.0 Å². The van der Waals surface area contributed by atoms with E-state index in [2.05, 4.69) is 22.9 Å². The molecule has 6 heteroatoms. The third kappa shape index (κ3) is 5.88. The number of amides is 1. The quantitative estimate of drug-likeness (QED) is 0.558. The number of aryl methyl sites for hydroxylation is 1. The highest BCUT2D eigenvalue weighted by molar-refractivity contribution is 5.68. The summed E-state index contributed by atoms with van der Waals surface area (Å²) in [5, 5.41) is 1.80. The summed E-state index contributed by atoms with van der Waals surface area (Å²) in [7, 11) is 0. The zero-order valence-electron chi connectivity index (χ0n) is 18.4. The number of rotatable bonds is 1. The molecule has 1 aromatic heterocycles. The Balaban J connectivity index is 1.41. The van der Waals surface area contributed by atoms with Gasteiger partial charge < -0.3 is 9.40 Å². The second-order valence-electron chi connectivity index (χ2n) is 8.83. The molecule has 0 unspecified atom stereocenters. The molecule has 0 atom stereocenters. The van der Waals surface area contributed by atoms with Crippen LogP contribution >= 0.6 is 0 Å². The molecule has 1 aromatic carbocycles. The van der Waals surface area contributed by atoms with Gasteiger partial charge in [0.15, 0.2) is 0 Å². The average Bonchev–Trinajstić information content (AvgIpc) is 3.39. The Morgan fingerprint density at radius 3 is 2.26 bits per heavy atom. The minimum atomic E-state index is -0.397. The van der Waals surface area contributed by atoms with Crippen LogP contribution in [0, 0.1) is 5.82 Å². The lowest BCUT2D eigenvalue weighted by atomic mass is 10.1. The molecule has 2 aromatic rings. The molecule has 31 heavy (non-hydrogen) atoms. The van der Waals surface area contributed by atoms with Crippen molar-refractivity contribution in [3.05, 3.63) is 59.2 Å². The van der Waals surface area contributed by atoms with Gasteiger partial charge in [-0.05, 0) is 36.6 Å². The highest BCUT2D eigenvalue weighted by Gasteiger charge is 2.28. The zero-order chi connectivity index (χ0) is 21.5. The molecular weight excluding hydrogens is 393 g/mol. The van der Waals surface area contributed by atoms with E-state index in [4.69, 9.17) is 4.84 Å². The Kier molecular flexibility index (Phi) is 7.62. The highest BCUT2D eigenvalue weighted by atomic mass is 19.1. The van der Waals surface area contributed by atoms with Crippen LogP contribution in [-0.4, -0.2) is 27.2 Å². The fraction of sp³-hybridized carbons (Fsp3) is 0.560. The zero-order valence-corrected chi connectivity index (χ0v) is 18.4. The van der Waals surface area contributed by atoms with Gasteiger partial charge in [-0.2, -0.15) is 0 Å². The molecule has 2 aliphatic heterocycles. The maximum atomic E-state index is 14.1. The molecule has 0 bridgehead atoms. The lowest BCUT2D eigenvalue weighted by Crippen LogP contribution is -2.35. The van der Waals surface area contributed by atoms with E-state index in [0.29, 0.717) is 25.2 Å².